The Bertz CT molecular complexity index is 374. The Balaban J connectivity index is 1.92. The Morgan fingerprint density at radius 1 is 1.25 bits per heavy atom. The van der Waals surface area contributed by atoms with Crippen LogP contribution in [0.3, 0.4) is 0 Å². The number of hydrogen-bond acceptors (Lipinski definition) is 2. The van der Waals surface area contributed by atoms with Crippen molar-refractivity contribution in [3.63, 3.8) is 0 Å². The van der Waals surface area contributed by atoms with Gasteiger partial charge in [-0.05, 0) is 30.7 Å². The molecule has 2 rings (SSSR count). The largest absolute Gasteiger partial charge is 0.311 e. The van der Waals surface area contributed by atoms with E-state index in [4.69, 9.17) is 0 Å². The lowest BCUT2D eigenvalue weighted by Crippen LogP contribution is -2.56. The SMILES string of the molecule is CCC1CN(CCc2ccccc2)C(CC(C)C)CN1. The minimum Gasteiger partial charge on any atom is -0.311 e. The third-order valence-electron chi connectivity index (χ3n) is 4.38. The molecule has 0 radical (unpaired) electrons. The van der Waals surface area contributed by atoms with Gasteiger partial charge in [-0.1, -0.05) is 51.1 Å². The number of hydrogen-bond donors (Lipinski definition) is 1. The summed E-state index contributed by atoms with van der Waals surface area (Å²) in [6.07, 6.45) is 3.71. The van der Waals surface area contributed by atoms with Crippen LogP contribution < -0.4 is 5.32 Å². The molecule has 0 amide bonds. The molecule has 2 heteroatoms. The van der Waals surface area contributed by atoms with Crippen molar-refractivity contribution in [1.29, 1.82) is 0 Å². The summed E-state index contributed by atoms with van der Waals surface area (Å²) in [6, 6.07) is 12.3. The lowest BCUT2D eigenvalue weighted by atomic mass is 9.97. The van der Waals surface area contributed by atoms with E-state index in [2.05, 4.69) is 61.3 Å². The highest BCUT2D eigenvalue weighted by Crippen LogP contribution is 2.17. The first-order chi connectivity index (χ1) is 9.69. The summed E-state index contributed by atoms with van der Waals surface area (Å²) in [5.74, 6) is 0.777. The first-order valence-electron chi connectivity index (χ1n) is 8.20. The van der Waals surface area contributed by atoms with Gasteiger partial charge in [0.2, 0.25) is 0 Å². The van der Waals surface area contributed by atoms with Crippen LogP contribution in [-0.4, -0.2) is 36.6 Å². The second-order valence-corrected chi connectivity index (χ2v) is 6.53. The molecule has 1 aliphatic heterocycles. The maximum Gasteiger partial charge on any atom is 0.0223 e. The molecular weight excluding hydrogens is 244 g/mol. The molecule has 112 valence electrons. The number of benzene rings is 1. The summed E-state index contributed by atoms with van der Waals surface area (Å²) < 4.78 is 0. The van der Waals surface area contributed by atoms with E-state index >= 15 is 0 Å². The average molecular weight is 274 g/mol. The van der Waals surface area contributed by atoms with Crippen molar-refractivity contribution >= 4 is 0 Å². The van der Waals surface area contributed by atoms with Crippen molar-refractivity contribution in [2.75, 3.05) is 19.6 Å². The highest BCUT2D eigenvalue weighted by atomic mass is 15.2. The number of rotatable bonds is 6. The smallest absolute Gasteiger partial charge is 0.0223 e. The van der Waals surface area contributed by atoms with E-state index in [1.807, 2.05) is 0 Å². The van der Waals surface area contributed by atoms with E-state index in [9.17, 15) is 0 Å². The molecule has 0 bridgehead atoms. The summed E-state index contributed by atoms with van der Waals surface area (Å²) >= 11 is 0. The van der Waals surface area contributed by atoms with Crippen LogP contribution in [0.1, 0.15) is 39.2 Å². The molecule has 2 nitrogen and oxygen atoms in total. The van der Waals surface area contributed by atoms with E-state index in [0.717, 1.165) is 12.5 Å². The van der Waals surface area contributed by atoms with Gasteiger partial charge < -0.3 is 5.32 Å². The summed E-state index contributed by atoms with van der Waals surface area (Å²) in [6.45, 7) is 10.5. The molecule has 1 N–H and O–H groups in total. The van der Waals surface area contributed by atoms with Gasteiger partial charge in [0, 0.05) is 31.7 Å². The lowest BCUT2D eigenvalue weighted by Gasteiger charge is -2.41. The van der Waals surface area contributed by atoms with Gasteiger partial charge in [0.05, 0.1) is 0 Å². The fourth-order valence-corrected chi connectivity index (χ4v) is 3.17. The molecule has 2 unspecified atom stereocenters. The topological polar surface area (TPSA) is 15.3 Å². The molecule has 1 saturated heterocycles. The Morgan fingerprint density at radius 3 is 2.65 bits per heavy atom. The van der Waals surface area contributed by atoms with E-state index in [1.165, 1.54) is 37.9 Å². The molecule has 20 heavy (non-hydrogen) atoms. The van der Waals surface area contributed by atoms with Crippen molar-refractivity contribution in [3.8, 4) is 0 Å². The number of nitrogens with one attached hydrogen (secondary N) is 1. The predicted octanol–water partition coefficient (Wildman–Crippen LogP) is 3.33. The molecule has 0 saturated carbocycles. The van der Waals surface area contributed by atoms with Gasteiger partial charge in [-0.2, -0.15) is 0 Å². The highest BCUT2D eigenvalue weighted by molar-refractivity contribution is 5.15. The number of piperazine rings is 1. The molecule has 0 aromatic heterocycles. The minimum absolute atomic E-state index is 0.675. The average Bonchev–Trinajstić information content (AvgIpc) is 2.47. The summed E-state index contributed by atoms with van der Waals surface area (Å²) in [5, 5.41) is 3.71. The minimum atomic E-state index is 0.675. The molecule has 1 aromatic rings. The van der Waals surface area contributed by atoms with E-state index in [-0.39, 0.29) is 0 Å². The van der Waals surface area contributed by atoms with Crippen LogP contribution in [-0.2, 0) is 6.42 Å². The van der Waals surface area contributed by atoms with Gasteiger partial charge in [0.15, 0.2) is 0 Å². The van der Waals surface area contributed by atoms with Gasteiger partial charge in [-0.15, -0.1) is 0 Å². The second kappa shape index (κ2) is 7.80. The van der Waals surface area contributed by atoms with E-state index in [0.29, 0.717) is 12.1 Å². The predicted molar refractivity (Wildman–Crippen MR) is 87.0 cm³/mol. The zero-order valence-corrected chi connectivity index (χ0v) is 13.3. The van der Waals surface area contributed by atoms with Crippen LogP contribution in [0.25, 0.3) is 0 Å². The summed E-state index contributed by atoms with van der Waals surface area (Å²) in [5.41, 5.74) is 1.46. The van der Waals surface area contributed by atoms with Crippen LogP contribution in [0.15, 0.2) is 30.3 Å². The first-order valence-corrected chi connectivity index (χ1v) is 8.20. The Labute approximate surface area is 124 Å². The fraction of sp³-hybridized carbons (Fsp3) is 0.667. The second-order valence-electron chi connectivity index (χ2n) is 6.53. The maximum absolute atomic E-state index is 3.71. The molecule has 1 aromatic carbocycles. The van der Waals surface area contributed by atoms with Crippen LogP contribution >= 0.6 is 0 Å². The summed E-state index contributed by atoms with van der Waals surface area (Å²) in [4.78, 5) is 2.72. The van der Waals surface area contributed by atoms with Crippen LogP contribution in [0.4, 0.5) is 0 Å². The Kier molecular flexibility index (Phi) is 6.06. The van der Waals surface area contributed by atoms with E-state index in [1.54, 1.807) is 0 Å². The lowest BCUT2D eigenvalue weighted by molar-refractivity contribution is 0.114. The normalized spacial score (nSPS) is 24.2. The monoisotopic (exact) mass is 274 g/mol. The van der Waals surface area contributed by atoms with Gasteiger partial charge in [0.1, 0.15) is 0 Å². The van der Waals surface area contributed by atoms with Crippen molar-refractivity contribution in [2.45, 2.75) is 52.1 Å². The Hall–Kier alpha value is -0.860. The first kappa shape index (κ1) is 15.5. The van der Waals surface area contributed by atoms with Crippen LogP contribution in [0.5, 0.6) is 0 Å². The van der Waals surface area contributed by atoms with Crippen molar-refractivity contribution in [1.82, 2.24) is 10.2 Å². The third kappa shape index (κ3) is 4.60. The Morgan fingerprint density at radius 2 is 2.00 bits per heavy atom. The van der Waals surface area contributed by atoms with Crippen molar-refractivity contribution in [3.05, 3.63) is 35.9 Å². The van der Waals surface area contributed by atoms with Crippen LogP contribution in [0.2, 0.25) is 0 Å². The van der Waals surface area contributed by atoms with Gasteiger partial charge in [-0.3, -0.25) is 4.90 Å². The molecule has 2 atom stereocenters. The van der Waals surface area contributed by atoms with Gasteiger partial charge >= 0.3 is 0 Å². The molecule has 0 spiro atoms. The molecular formula is C18H30N2. The standard InChI is InChI=1S/C18H30N2/c1-4-17-14-20(18(13-19-17)12-15(2)3)11-10-16-8-6-5-7-9-16/h5-9,15,17-19H,4,10-14H2,1-3H3. The molecule has 1 fully saturated rings. The highest BCUT2D eigenvalue weighted by Gasteiger charge is 2.26. The third-order valence-corrected chi connectivity index (χ3v) is 4.38. The van der Waals surface area contributed by atoms with Gasteiger partial charge in [-0.25, -0.2) is 0 Å². The molecule has 1 heterocycles. The molecule has 1 aliphatic rings. The number of nitrogens with zero attached hydrogens (tertiary/aromatic N) is 1. The van der Waals surface area contributed by atoms with Crippen molar-refractivity contribution < 1.29 is 0 Å². The van der Waals surface area contributed by atoms with E-state index < -0.39 is 0 Å². The quantitative estimate of drug-likeness (QED) is 0.856. The molecule has 0 aliphatic carbocycles. The maximum atomic E-state index is 3.71. The van der Waals surface area contributed by atoms with Crippen LogP contribution in [0, 0.1) is 5.92 Å². The zero-order chi connectivity index (χ0) is 14.4. The zero-order valence-electron chi connectivity index (χ0n) is 13.3. The van der Waals surface area contributed by atoms with Crippen molar-refractivity contribution in [2.24, 2.45) is 5.92 Å². The fourth-order valence-electron chi connectivity index (χ4n) is 3.17. The van der Waals surface area contributed by atoms with Gasteiger partial charge in [0.25, 0.3) is 0 Å². The summed E-state index contributed by atoms with van der Waals surface area (Å²) in [7, 11) is 0.